The number of aromatic nitrogens is 1. The fourth-order valence-electron chi connectivity index (χ4n) is 1.93. The average Bonchev–Trinajstić information content (AvgIpc) is 2.87. The number of benzene rings is 1. The first-order chi connectivity index (χ1) is 9.35. The van der Waals surface area contributed by atoms with Crippen molar-refractivity contribution in [3.8, 4) is 11.5 Å². The van der Waals surface area contributed by atoms with Crippen molar-refractivity contribution in [2.45, 2.75) is 6.92 Å². The van der Waals surface area contributed by atoms with Gasteiger partial charge in [0.2, 0.25) is 6.79 Å². The number of ether oxygens (including phenoxy) is 2. The minimum atomic E-state index is 0.290. The molecule has 1 aliphatic rings. The molecule has 0 saturated carbocycles. The predicted molar refractivity (Wildman–Crippen MR) is 74.2 cm³/mol. The van der Waals surface area contributed by atoms with E-state index in [1.807, 2.05) is 37.3 Å². The lowest BCUT2D eigenvalue weighted by Crippen LogP contribution is -1.99. The quantitative estimate of drug-likeness (QED) is 0.881. The zero-order valence-electron chi connectivity index (χ0n) is 10.6. The lowest BCUT2D eigenvalue weighted by atomic mass is 10.2. The molecule has 0 saturated heterocycles. The van der Waals surface area contributed by atoms with Crippen molar-refractivity contribution >= 4 is 17.2 Å². The van der Waals surface area contributed by atoms with E-state index in [9.17, 15) is 0 Å². The molecule has 98 valence electrons. The summed E-state index contributed by atoms with van der Waals surface area (Å²) in [6.07, 6.45) is 1.77. The molecule has 19 heavy (non-hydrogen) atoms. The lowest BCUT2D eigenvalue weighted by molar-refractivity contribution is 0.174. The maximum atomic E-state index is 5.35. The molecule has 0 unspecified atom stereocenters. The molecule has 2 N–H and O–H groups in total. The summed E-state index contributed by atoms with van der Waals surface area (Å²) >= 11 is 0. The fraction of sp³-hybridized carbons (Fsp3) is 0.214. The van der Waals surface area contributed by atoms with Crippen LogP contribution in [0.3, 0.4) is 0 Å². The van der Waals surface area contributed by atoms with Gasteiger partial charge in [0.25, 0.3) is 0 Å². The summed E-state index contributed by atoms with van der Waals surface area (Å²) in [7, 11) is 0. The van der Waals surface area contributed by atoms with Gasteiger partial charge >= 0.3 is 0 Å². The summed E-state index contributed by atoms with van der Waals surface area (Å²) < 4.78 is 10.6. The Bertz CT molecular complexity index is 587. The largest absolute Gasteiger partial charge is 0.454 e. The maximum absolute atomic E-state index is 5.35. The molecular formula is C14H15N3O2. The Morgan fingerprint density at radius 3 is 2.84 bits per heavy atom. The second-order valence-corrected chi connectivity index (χ2v) is 4.15. The number of hydrogen-bond acceptors (Lipinski definition) is 5. The van der Waals surface area contributed by atoms with Crippen LogP contribution in [-0.2, 0) is 0 Å². The van der Waals surface area contributed by atoms with Gasteiger partial charge in [0, 0.05) is 36.2 Å². The normalized spacial score (nSPS) is 12.3. The van der Waals surface area contributed by atoms with Crippen molar-refractivity contribution in [3.05, 3.63) is 36.5 Å². The highest BCUT2D eigenvalue weighted by atomic mass is 16.7. The van der Waals surface area contributed by atoms with Crippen molar-refractivity contribution in [1.29, 1.82) is 0 Å². The zero-order chi connectivity index (χ0) is 13.1. The molecule has 3 rings (SSSR count). The highest BCUT2D eigenvalue weighted by Crippen LogP contribution is 2.35. The SMILES string of the molecule is CCNc1cc(Nc2ccc3c(c2)OCO3)ccn1. The number of fused-ring (bicyclic) bond motifs is 1. The van der Waals surface area contributed by atoms with E-state index in [-0.39, 0.29) is 0 Å². The molecule has 5 nitrogen and oxygen atoms in total. The highest BCUT2D eigenvalue weighted by Gasteiger charge is 2.13. The van der Waals surface area contributed by atoms with Gasteiger partial charge in [-0.1, -0.05) is 0 Å². The van der Waals surface area contributed by atoms with Crippen LogP contribution in [0.25, 0.3) is 0 Å². The third-order valence-electron chi connectivity index (χ3n) is 2.78. The van der Waals surface area contributed by atoms with E-state index < -0.39 is 0 Å². The number of anilines is 3. The number of rotatable bonds is 4. The van der Waals surface area contributed by atoms with Crippen LogP contribution in [0.1, 0.15) is 6.92 Å². The molecule has 0 bridgehead atoms. The molecule has 5 heteroatoms. The van der Waals surface area contributed by atoms with Gasteiger partial charge in [0.05, 0.1) is 0 Å². The third kappa shape index (κ3) is 2.54. The van der Waals surface area contributed by atoms with Crippen LogP contribution in [0.5, 0.6) is 11.5 Å². The number of hydrogen-bond donors (Lipinski definition) is 2. The molecule has 0 radical (unpaired) electrons. The molecule has 1 aliphatic heterocycles. The van der Waals surface area contributed by atoms with Crippen LogP contribution in [0.2, 0.25) is 0 Å². The average molecular weight is 257 g/mol. The first-order valence-corrected chi connectivity index (χ1v) is 6.22. The molecule has 0 spiro atoms. The van der Waals surface area contributed by atoms with Gasteiger partial charge in [-0.3, -0.25) is 0 Å². The number of nitrogens with zero attached hydrogens (tertiary/aromatic N) is 1. The van der Waals surface area contributed by atoms with E-state index in [2.05, 4.69) is 15.6 Å². The second-order valence-electron chi connectivity index (χ2n) is 4.15. The minimum Gasteiger partial charge on any atom is -0.454 e. The maximum Gasteiger partial charge on any atom is 0.231 e. The molecule has 2 aromatic rings. The fourth-order valence-corrected chi connectivity index (χ4v) is 1.93. The Hall–Kier alpha value is -2.43. The van der Waals surface area contributed by atoms with E-state index >= 15 is 0 Å². The molecule has 0 atom stereocenters. The number of pyridine rings is 1. The van der Waals surface area contributed by atoms with Crippen LogP contribution >= 0.6 is 0 Å². The van der Waals surface area contributed by atoms with Crippen molar-refractivity contribution in [1.82, 2.24) is 4.98 Å². The Kier molecular flexibility index (Phi) is 3.10. The van der Waals surface area contributed by atoms with Crippen molar-refractivity contribution < 1.29 is 9.47 Å². The third-order valence-corrected chi connectivity index (χ3v) is 2.78. The first kappa shape index (κ1) is 11.6. The van der Waals surface area contributed by atoms with Gasteiger partial charge in [-0.25, -0.2) is 4.98 Å². The monoisotopic (exact) mass is 257 g/mol. The second kappa shape index (κ2) is 5.06. The van der Waals surface area contributed by atoms with E-state index in [4.69, 9.17) is 9.47 Å². The summed E-state index contributed by atoms with van der Waals surface area (Å²) in [5.41, 5.74) is 1.93. The van der Waals surface area contributed by atoms with Crippen LogP contribution in [0.15, 0.2) is 36.5 Å². The van der Waals surface area contributed by atoms with Gasteiger partial charge in [-0.15, -0.1) is 0 Å². The molecule has 0 aliphatic carbocycles. The molecule has 0 fully saturated rings. The van der Waals surface area contributed by atoms with Crippen LogP contribution in [-0.4, -0.2) is 18.3 Å². The number of nitrogens with one attached hydrogen (secondary N) is 2. The molecule has 0 amide bonds. The van der Waals surface area contributed by atoms with Gasteiger partial charge in [0.1, 0.15) is 5.82 Å². The molecular weight excluding hydrogens is 242 g/mol. The molecule has 2 heterocycles. The topological polar surface area (TPSA) is 55.4 Å². The Morgan fingerprint density at radius 1 is 1.11 bits per heavy atom. The highest BCUT2D eigenvalue weighted by molar-refractivity contribution is 5.65. The van der Waals surface area contributed by atoms with Crippen molar-refractivity contribution in [3.63, 3.8) is 0 Å². The van der Waals surface area contributed by atoms with E-state index in [0.717, 1.165) is 35.2 Å². The van der Waals surface area contributed by atoms with Gasteiger partial charge in [-0.05, 0) is 25.1 Å². The summed E-state index contributed by atoms with van der Waals surface area (Å²) in [5.74, 6) is 2.41. The zero-order valence-corrected chi connectivity index (χ0v) is 10.6. The molecule has 1 aromatic carbocycles. The summed E-state index contributed by atoms with van der Waals surface area (Å²) in [6.45, 7) is 3.18. The van der Waals surface area contributed by atoms with Crippen molar-refractivity contribution in [2.75, 3.05) is 24.0 Å². The van der Waals surface area contributed by atoms with E-state index in [0.29, 0.717) is 6.79 Å². The van der Waals surface area contributed by atoms with Crippen molar-refractivity contribution in [2.24, 2.45) is 0 Å². The Morgan fingerprint density at radius 2 is 1.95 bits per heavy atom. The van der Waals surface area contributed by atoms with E-state index in [1.54, 1.807) is 6.20 Å². The van der Waals surface area contributed by atoms with Gasteiger partial charge < -0.3 is 20.1 Å². The Balaban J connectivity index is 1.79. The lowest BCUT2D eigenvalue weighted by Gasteiger charge is -2.09. The standard InChI is InChI=1S/C14H15N3O2/c1-2-15-14-8-11(5-6-16-14)17-10-3-4-12-13(7-10)19-9-18-12/h3-8H,2,9H2,1H3,(H2,15,16,17). The van der Waals surface area contributed by atoms with Gasteiger partial charge in [0.15, 0.2) is 11.5 Å². The first-order valence-electron chi connectivity index (χ1n) is 6.22. The predicted octanol–water partition coefficient (Wildman–Crippen LogP) is 2.99. The van der Waals surface area contributed by atoms with Crippen LogP contribution in [0, 0.1) is 0 Å². The summed E-state index contributed by atoms with van der Waals surface area (Å²) in [4.78, 5) is 4.23. The minimum absolute atomic E-state index is 0.290. The van der Waals surface area contributed by atoms with E-state index in [1.165, 1.54) is 0 Å². The summed E-state index contributed by atoms with van der Waals surface area (Å²) in [5, 5.41) is 6.50. The smallest absolute Gasteiger partial charge is 0.231 e. The van der Waals surface area contributed by atoms with Gasteiger partial charge in [-0.2, -0.15) is 0 Å². The Labute approximate surface area is 111 Å². The molecule has 1 aromatic heterocycles. The van der Waals surface area contributed by atoms with Crippen LogP contribution < -0.4 is 20.1 Å². The van der Waals surface area contributed by atoms with Crippen LogP contribution in [0.4, 0.5) is 17.2 Å². The summed E-state index contributed by atoms with van der Waals surface area (Å²) in [6, 6.07) is 9.67.